The van der Waals surface area contributed by atoms with Crippen molar-refractivity contribution in [3.05, 3.63) is 71.8 Å². The zero-order valence-electron chi connectivity index (χ0n) is 17.4. The lowest BCUT2D eigenvalue weighted by Gasteiger charge is -2.15. The second-order valence-electron chi connectivity index (χ2n) is 6.57. The SMILES string of the molecule is COc1cc(NC(=O)Nc2ccc(Oc3ccccc3C(N)=O)cc2)c(C)c(OC)c1. The molecule has 0 spiro atoms. The first-order chi connectivity index (χ1) is 14.9. The van der Waals surface area contributed by atoms with Crippen molar-refractivity contribution in [2.24, 2.45) is 5.73 Å². The maximum Gasteiger partial charge on any atom is 0.323 e. The number of nitrogens with two attached hydrogens (primary N) is 1. The molecule has 0 radical (unpaired) electrons. The number of ether oxygens (including phenoxy) is 3. The highest BCUT2D eigenvalue weighted by molar-refractivity contribution is 6.00. The lowest BCUT2D eigenvalue weighted by atomic mass is 10.1. The van der Waals surface area contributed by atoms with E-state index in [4.69, 9.17) is 19.9 Å². The van der Waals surface area contributed by atoms with Crippen LogP contribution in [-0.4, -0.2) is 26.2 Å². The van der Waals surface area contributed by atoms with Gasteiger partial charge in [-0.2, -0.15) is 0 Å². The number of carbonyl (C=O) groups is 2. The molecule has 0 saturated carbocycles. The van der Waals surface area contributed by atoms with Gasteiger partial charge in [0, 0.05) is 23.4 Å². The van der Waals surface area contributed by atoms with E-state index in [0.29, 0.717) is 34.4 Å². The molecule has 8 heteroatoms. The Morgan fingerprint density at radius 3 is 2.19 bits per heavy atom. The van der Waals surface area contributed by atoms with Crippen molar-refractivity contribution in [2.75, 3.05) is 24.9 Å². The highest BCUT2D eigenvalue weighted by Crippen LogP contribution is 2.32. The summed E-state index contributed by atoms with van der Waals surface area (Å²) in [5.41, 5.74) is 7.55. The number of amides is 3. The van der Waals surface area contributed by atoms with E-state index in [0.717, 1.165) is 5.56 Å². The smallest absolute Gasteiger partial charge is 0.323 e. The lowest BCUT2D eigenvalue weighted by Crippen LogP contribution is -2.20. The predicted molar refractivity (Wildman–Crippen MR) is 118 cm³/mol. The van der Waals surface area contributed by atoms with E-state index >= 15 is 0 Å². The number of primary amides is 1. The van der Waals surface area contributed by atoms with Crippen LogP contribution in [0, 0.1) is 6.92 Å². The molecule has 160 valence electrons. The van der Waals surface area contributed by atoms with Crippen LogP contribution in [0.25, 0.3) is 0 Å². The third-order valence-corrected chi connectivity index (χ3v) is 4.53. The van der Waals surface area contributed by atoms with Gasteiger partial charge < -0.3 is 30.6 Å². The minimum absolute atomic E-state index is 0.285. The number of anilines is 2. The number of rotatable bonds is 7. The van der Waals surface area contributed by atoms with Gasteiger partial charge in [0.25, 0.3) is 5.91 Å². The van der Waals surface area contributed by atoms with Gasteiger partial charge in [-0.1, -0.05) is 12.1 Å². The molecule has 0 saturated heterocycles. The van der Waals surface area contributed by atoms with Crippen LogP contribution >= 0.6 is 0 Å². The number of urea groups is 1. The Bertz CT molecular complexity index is 1100. The third kappa shape index (κ3) is 5.24. The van der Waals surface area contributed by atoms with Crippen LogP contribution in [0.2, 0.25) is 0 Å². The van der Waals surface area contributed by atoms with Crippen LogP contribution in [-0.2, 0) is 0 Å². The summed E-state index contributed by atoms with van der Waals surface area (Å²) in [5.74, 6) is 1.45. The molecule has 0 atom stereocenters. The lowest BCUT2D eigenvalue weighted by molar-refractivity contribution is 0.0998. The standard InChI is InChI=1S/C23H23N3O5/c1-14-19(12-17(29-2)13-21(14)30-3)26-23(28)25-15-8-10-16(11-9-15)31-20-7-5-4-6-18(20)22(24)27/h4-13H,1-3H3,(H2,24,27)(H2,25,26,28). The molecule has 0 aliphatic heterocycles. The summed E-state index contributed by atoms with van der Waals surface area (Å²) in [5, 5.41) is 5.54. The molecule has 8 nitrogen and oxygen atoms in total. The van der Waals surface area contributed by atoms with Gasteiger partial charge in [0.15, 0.2) is 0 Å². The maximum atomic E-state index is 12.4. The Balaban J connectivity index is 1.68. The summed E-state index contributed by atoms with van der Waals surface area (Å²) in [6, 6.07) is 16.4. The fourth-order valence-corrected chi connectivity index (χ4v) is 2.90. The number of benzene rings is 3. The maximum absolute atomic E-state index is 12.4. The first-order valence-electron chi connectivity index (χ1n) is 9.38. The fourth-order valence-electron chi connectivity index (χ4n) is 2.90. The average molecular weight is 421 g/mol. The zero-order chi connectivity index (χ0) is 22.4. The van der Waals surface area contributed by atoms with E-state index in [1.54, 1.807) is 74.9 Å². The summed E-state index contributed by atoms with van der Waals surface area (Å²) < 4.78 is 16.3. The Labute approximate surface area is 179 Å². The summed E-state index contributed by atoms with van der Waals surface area (Å²) in [6.07, 6.45) is 0. The highest BCUT2D eigenvalue weighted by atomic mass is 16.5. The second kappa shape index (κ2) is 9.53. The topological polar surface area (TPSA) is 112 Å². The van der Waals surface area contributed by atoms with Crippen LogP contribution in [0.4, 0.5) is 16.2 Å². The monoisotopic (exact) mass is 421 g/mol. The number of para-hydroxylation sites is 1. The quantitative estimate of drug-likeness (QED) is 0.518. The molecule has 4 N–H and O–H groups in total. The van der Waals surface area contributed by atoms with Crippen molar-refractivity contribution in [2.45, 2.75) is 6.92 Å². The molecule has 3 aromatic carbocycles. The van der Waals surface area contributed by atoms with Crippen LogP contribution in [0.1, 0.15) is 15.9 Å². The number of nitrogens with one attached hydrogen (secondary N) is 2. The van der Waals surface area contributed by atoms with Gasteiger partial charge in [-0.05, 0) is 43.3 Å². The Morgan fingerprint density at radius 2 is 1.55 bits per heavy atom. The molecule has 0 aromatic heterocycles. The molecular weight excluding hydrogens is 398 g/mol. The number of hydrogen-bond acceptors (Lipinski definition) is 5. The molecule has 31 heavy (non-hydrogen) atoms. The van der Waals surface area contributed by atoms with Crippen molar-refractivity contribution in [1.82, 2.24) is 0 Å². The fraction of sp³-hybridized carbons (Fsp3) is 0.130. The van der Waals surface area contributed by atoms with Gasteiger partial charge in [-0.3, -0.25) is 4.79 Å². The van der Waals surface area contributed by atoms with Crippen molar-refractivity contribution < 1.29 is 23.8 Å². The highest BCUT2D eigenvalue weighted by Gasteiger charge is 2.12. The van der Waals surface area contributed by atoms with Gasteiger partial charge in [-0.25, -0.2) is 4.79 Å². The van der Waals surface area contributed by atoms with Gasteiger partial charge in [-0.15, -0.1) is 0 Å². The van der Waals surface area contributed by atoms with Crippen molar-refractivity contribution in [3.8, 4) is 23.0 Å². The Hall–Kier alpha value is -4.20. The summed E-state index contributed by atoms with van der Waals surface area (Å²) in [7, 11) is 3.09. The zero-order valence-corrected chi connectivity index (χ0v) is 17.4. The van der Waals surface area contributed by atoms with E-state index in [9.17, 15) is 9.59 Å². The largest absolute Gasteiger partial charge is 0.497 e. The number of carbonyl (C=O) groups excluding carboxylic acids is 2. The van der Waals surface area contributed by atoms with E-state index < -0.39 is 11.9 Å². The summed E-state index contributed by atoms with van der Waals surface area (Å²) in [4.78, 5) is 24.0. The third-order valence-electron chi connectivity index (χ3n) is 4.53. The van der Waals surface area contributed by atoms with Crippen LogP contribution < -0.4 is 30.6 Å². The summed E-state index contributed by atoms with van der Waals surface area (Å²) >= 11 is 0. The number of hydrogen-bond donors (Lipinski definition) is 3. The van der Waals surface area contributed by atoms with E-state index in [1.807, 2.05) is 6.92 Å². The molecule has 3 rings (SSSR count). The van der Waals surface area contributed by atoms with Gasteiger partial charge >= 0.3 is 6.03 Å². The molecule has 3 aromatic rings. The van der Waals surface area contributed by atoms with Crippen LogP contribution in [0.3, 0.4) is 0 Å². The van der Waals surface area contributed by atoms with Gasteiger partial charge in [0.1, 0.15) is 23.0 Å². The molecule has 0 aliphatic rings. The first kappa shape index (κ1) is 21.5. The molecule has 0 bridgehead atoms. The van der Waals surface area contributed by atoms with Gasteiger partial charge in [0.2, 0.25) is 0 Å². The number of methoxy groups -OCH3 is 2. The van der Waals surface area contributed by atoms with Crippen LogP contribution in [0.15, 0.2) is 60.7 Å². The van der Waals surface area contributed by atoms with Crippen LogP contribution in [0.5, 0.6) is 23.0 Å². The molecule has 3 amide bonds. The van der Waals surface area contributed by atoms with E-state index in [1.165, 1.54) is 0 Å². The second-order valence-corrected chi connectivity index (χ2v) is 6.57. The molecule has 0 heterocycles. The average Bonchev–Trinajstić information content (AvgIpc) is 2.76. The molecule has 0 fully saturated rings. The molecular formula is C23H23N3O5. The predicted octanol–water partition coefficient (Wildman–Crippen LogP) is 4.55. The summed E-state index contributed by atoms with van der Waals surface area (Å²) in [6.45, 7) is 1.84. The van der Waals surface area contributed by atoms with Crippen molar-refractivity contribution >= 4 is 23.3 Å². The minimum atomic E-state index is -0.574. The normalized spacial score (nSPS) is 10.2. The van der Waals surface area contributed by atoms with Crippen molar-refractivity contribution in [3.63, 3.8) is 0 Å². The molecule has 0 aliphatic carbocycles. The molecule has 0 unspecified atom stereocenters. The van der Waals surface area contributed by atoms with Gasteiger partial charge in [0.05, 0.1) is 25.5 Å². The Morgan fingerprint density at radius 1 is 0.839 bits per heavy atom. The van der Waals surface area contributed by atoms with E-state index in [2.05, 4.69) is 10.6 Å². The van der Waals surface area contributed by atoms with Crippen molar-refractivity contribution in [1.29, 1.82) is 0 Å². The first-order valence-corrected chi connectivity index (χ1v) is 9.38. The van der Waals surface area contributed by atoms with E-state index in [-0.39, 0.29) is 5.56 Å². The minimum Gasteiger partial charge on any atom is -0.497 e. The Kier molecular flexibility index (Phi) is 6.61.